The summed E-state index contributed by atoms with van der Waals surface area (Å²) >= 11 is 0. The Morgan fingerprint density at radius 3 is 2.75 bits per heavy atom. The molecule has 0 amide bonds. The van der Waals surface area contributed by atoms with Crippen molar-refractivity contribution >= 4 is 0 Å². The summed E-state index contributed by atoms with van der Waals surface area (Å²) < 4.78 is 0. The average molecular weight is 222 g/mol. The monoisotopic (exact) mass is 222 g/mol. The van der Waals surface area contributed by atoms with E-state index in [1.807, 2.05) is 6.92 Å². The van der Waals surface area contributed by atoms with Gasteiger partial charge < -0.3 is 11.1 Å². The van der Waals surface area contributed by atoms with Crippen molar-refractivity contribution in [2.75, 3.05) is 13.1 Å². The molecule has 0 aromatic heterocycles. The molecule has 3 N–H and O–H groups in total. The summed E-state index contributed by atoms with van der Waals surface area (Å²) in [4.78, 5) is 0. The minimum Gasteiger partial charge on any atom is -0.329 e. The second kappa shape index (κ2) is 6.27. The second-order valence-corrected chi connectivity index (χ2v) is 5.25. The van der Waals surface area contributed by atoms with Gasteiger partial charge in [0.15, 0.2) is 0 Å². The Bertz CT molecular complexity index is 264. The van der Waals surface area contributed by atoms with E-state index in [2.05, 4.69) is 31.0 Å². The Morgan fingerprint density at radius 2 is 2.12 bits per heavy atom. The maximum Gasteiger partial charge on any atom is 0.0332 e. The van der Waals surface area contributed by atoms with Crippen LogP contribution in [0.1, 0.15) is 46.5 Å². The fourth-order valence-electron chi connectivity index (χ4n) is 2.84. The summed E-state index contributed by atoms with van der Waals surface area (Å²) in [6.45, 7) is 8.28. The zero-order chi connectivity index (χ0) is 12.0. The molecule has 1 aliphatic rings. The molecule has 0 aromatic rings. The van der Waals surface area contributed by atoms with Gasteiger partial charge in [-0.2, -0.15) is 0 Å². The number of nitrogens with two attached hydrogens (primary N) is 1. The Labute approximate surface area is 100 Å². The van der Waals surface area contributed by atoms with Crippen LogP contribution in [0.5, 0.6) is 0 Å². The van der Waals surface area contributed by atoms with Crippen LogP contribution in [-0.4, -0.2) is 18.6 Å². The maximum absolute atomic E-state index is 6.01. The van der Waals surface area contributed by atoms with E-state index in [9.17, 15) is 0 Å². The summed E-state index contributed by atoms with van der Waals surface area (Å²) in [5, 5.41) is 3.67. The van der Waals surface area contributed by atoms with E-state index >= 15 is 0 Å². The molecule has 16 heavy (non-hydrogen) atoms. The van der Waals surface area contributed by atoms with Crippen LogP contribution in [0.25, 0.3) is 0 Å². The third-order valence-electron chi connectivity index (χ3n) is 4.02. The maximum atomic E-state index is 6.01. The van der Waals surface area contributed by atoms with E-state index in [1.165, 1.54) is 19.3 Å². The summed E-state index contributed by atoms with van der Waals surface area (Å²) in [6.07, 6.45) is 4.79. The number of hydrogen-bond acceptors (Lipinski definition) is 2. The molecule has 1 aliphatic carbocycles. The van der Waals surface area contributed by atoms with E-state index in [-0.39, 0.29) is 5.54 Å². The molecule has 0 saturated heterocycles. The third-order valence-corrected chi connectivity index (χ3v) is 4.02. The lowest BCUT2D eigenvalue weighted by molar-refractivity contribution is 0.127. The molecule has 3 atom stereocenters. The molecule has 1 fully saturated rings. The lowest BCUT2D eigenvalue weighted by Crippen LogP contribution is -2.58. The topological polar surface area (TPSA) is 38.0 Å². The lowest BCUT2D eigenvalue weighted by atomic mass is 9.69. The van der Waals surface area contributed by atoms with E-state index < -0.39 is 0 Å². The first-order valence-electron chi connectivity index (χ1n) is 6.49. The lowest BCUT2D eigenvalue weighted by Gasteiger charge is -2.45. The van der Waals surface area contributed by atoms with Crippen LogP contribution < -0.4 is 11.1 Å². The van der Waals surface area contributed by atoms with E-state index in [4.69, 9.17) is 5.73 Å². The fraction of sp³-hybridized carbons (Fsp3) is 0.857. The van der Waals surface area contributed by atoms with Gasteiger partial charge in [0.25, 0.3) is 0 Å². The molecule has 92 valence electrons. The molecule has 1 saturated carbocycles. The summed E-state index contributed by atoms with van der Waals surface area (Å²) in [5.41, 5.74) is 6.17. The average Bonchev–Trinajstić information content (AvgIpc) is 2.29. The van der Waals surface area contributed by atoms with Crippen LogP contribution in [0.4, 0.5) is 0 Å². The van der Waals surface area contributed by atoms with Crippen LogP contribution in [-0.2, 0) is 0 Å². The molecule has 0 spiro atoms. The van der Waals surface area contributed by atoms with Crippen LogP contribution in [0.2, 0.25) is 0 Å². The summed E-state index contributed by atoms with van der Waals surface area (Å²) in [6, 6.07) is 0. The number of nitrogens with one attached hydrogen (secondary N) is 1. The quantitative estimate of drug-likeness (QED) is 0.565. The number of hydrogen-bond donors (Lipinski definition) is 2. The van der Waals surface area contributed by atoms with Crippen LogP contribution in [0.15, 0.2) is 0 Å². The van der Waals surface area contributed by atoms with Gasteiger partial charge in [-0.3, -0.25) is 0 Å². The van der Waals surface area contributed by atoms with Gasteiger partial charge in [-0.05, 0) is 31.6 Å². The third kappa shape index (κ3) is 3.23. The zero-order valence-corrected chi connectivity index (χ0v) is 11.0. The fourth-order valence-corrected chi connectivity index (χ4v) is 2.84. The van der Waals surface area contributed by atoms with Crippen molar-refractivity contribution in [3.8, 4) is 11.8 Å². The molecular formula is C14H26N2. The van der Waals surface area contributed by atoms with Gasteiger partial charge in [-0.25, -0.2) is 0 Å². The molecule has 0 aromatic carbocycles. The molecule has 1 rings (SSSR count). The van der Waals surface area contributed by atoms with Gasteiger partial charge >= 0.3 is 0 Å². The van der Waals surface area contributed by atoms with E-state index in [0.717, 1.165) is 25.4 Å². The molecule has 0 aliphatic heterocycles. The normalized spacial score (nSPS) is 34.2. The molecule has 0 heterocycles. The number of rotatable bonds is 4. The van der Waals surface area contributed by atoms with Crippen molar-refractivity contribution in [1.29, 1.82) is 0 Å². The minimum atomic E-state index is 0.160. The van der Waals surface area contributed by atoms with Crippen molar-refractivity contribution in [2.45, 2.75) is 52.0 Å². The predicted molar refractivity (Wildman–Crippen MR) is 70.0 cm³/mol. The zero-order valence-electron chi connectivity index (χ0n) is 11.0. The highest BCUT2D eigenvalue weighted by Gasteiger charge is 2.38. The van der Waals surface area contributed by atoms with Crippen LogP contribution >= 0.6 is 0 Å². The summed E-state index contributed by atoms with van der Waals surface area (Å²) in [7, 11) is 0. The molecule has 3 unspecified atom stereocenters. The van der Waals surface area contributed by atoms with Gasteiger partial charge in [-0.15, -0.1) is 11.8 Å². The van der Waals surface area contributed by atoms with Gasteiger partial charge in [0, 0.05) is 25.0 Å². The second-order valence-electron chi connectivity index (χ2n) is 5.25. The first-order chi connectivity index (χ1) is 7.64. The van der Waals surface area contributed by atoms with Crippen molar-refractivity contribution in [2.24, 2.45) is 17.6 Å². The molecule has 0 radical (unpaired) electrons. The Kier molecular flexibility index (Phi) is 5.31. The Balaban J connectivity index is 2.54. The van der Waals surface area contributed by atoms with Crippen LogP contribution in [0, 0.1) is 23.7 Å². The molecule has 2 nitrogen and oxygen atoms in total. The van der Waals surface area contributed by atoms with Gasteiger partial charge in [0.2, 0.25) is 0 Å². The smallest absolute Gasteiger partial charge is 0.0332 e. The molecule has 2 heteroatoms. The minimum absolute atomic E-state index is 0.160. The summed E-state index contributed by atoms with van der Waals surface area (Å²) in [5.74, 6) is 7.52. The van der Waals surface area contributed by atoms with Crippen molar-refractivity contribution < 1.29 is 0 Å². The Morgan fingerprint density at radius 1 is 1.38 bits per heavy atom. The molecule has 0 bridgehead atoms. The highest BCUT2D eigenvalue weighted by Crippen LogP contribution is 2.36. The van der Waals surface area contributed by atoms with Crippen molar-refractivity contribution in [3.63, 3.8) is 0 Å². The first kappa shape index (κ1) is 13.5. The van der Waals surface area contributed by atoms with Gasteiger partial charge in [0.05, 0.1) is 0 Å². The highest BCUT2D eigenvalue weighted by atomic mass is 15.0. The van der Waals surface area contributed by atoms with E-state index in [1.54, 1.807) is 0 Å². The highest BCUT2D eigenvalue weighted by molar-refractivity contribution is 5.00. The van der Waals surface area contributed by atoms with Crippen LogP contribution in [0.3, 0.4) is 0 Å². The Hall–Kier alpha value is -0.520. The SMILES string of the molecule is CC#CCCNC1(CN)CC(C)CCC1C. The van der Waals surface area contributed by atoms with Gasteiger partial charge in [-0.1, -0.05) is 20.3 Å². The van der Waals surface area contributed by atoms with Crippen molar-refractivity contribution in [3.05, 3.63) is 0 Å². The largest absolute Gasteiger partial charge is 0.329 e. The first-order valence-corrected chi connectivity index (χ1v) is 6.49. The van der Waals surface area contributed by atoms with Crippen molar-refractivity contribution in [1.82, 2.24) is 5.32 Å². The predicted octanol–water partition coefficient (Wildman–Crippen LogP) is 2.14. The standard InChI is InChI=1S/C14H26N2/c1-4-5-6-9-16-14(11-15)10-12(2)7-8-13(14)3/h12-13,16H,6-11,15H2,1-3H3. The van der Waals surface area contributed by atoms with Gasteiger partial charge in [0.1, 0.15) is 0 Å². The molecular weight excluding hydrogens is 196 g/mol. The van der Waals surface area contributed by atoms with E-state index in [0.29, 0.717) is 5.92 Å².